The van der Waals surface area contributed by atoms with Crippen LogP contribution in [0, 0.1) is 0 Å². The van der Waals surface area contributed by atoms with Gasteiger partial charge in [0.15, 0.2) is 5.76 Å². The number of carbonyl (C=O) groups excluding carboxylic acids is 1. The Bertz CT molecular complexity index is 986. The molecule has 3 aromatic rings. The second kappa shape index (κ2) is 7.83. The minimum Gasteiger partial charge on any atom is -0.461 e. The van der Waals surface area contributed by atoms with Crippen molar-refractivity contribution in [3.8, 4) is 11.6 Å². The molecule has 4 rings (SSSR count). The molecule has 1 amide bonds. The number of rotatable bonds is 6. The Morgan fingerprint density at radius 2 is 2.32 bits per heavy atom. The van der Waals surface area contributed by atoms with E-state index in [0.29, 0.717) is 43.5 Å². The van der Waals surface area contributed by atoms with Gasteiger partial charge in [0.1, 0.15) is 5.82 Å². The summed E-state index contributed by atoms with van der Waals surface area (Å²) < 4.78 is 12.1. The van der Waals surface area contributed by atoms with Crippen LogP contribution in [0.1, 0.15) is 43.8 Å². The number of furan rings is 1. The van der Waals surface area contributed by atoms with Crippen LogP contribution in [0.4, 0.5) is 0 Å². The van der Waals surface area contributed by atoms with E-state index in [0.717, 1.165) is 18.7 Å². The Morgan fingerprint density at radius 3 is 3.11 bits per heavy atom. The molecule has 4 heterocycles. The Morgan fingerprint density at radius 1 is 1.43 bits per heavy atom. The first-order valence-electron chi connectivity index (χ1n) is 9.45. The second-order valence-electron chi connectivity index (χ2n) is 6.80. The lowest BCUT2D eigenvalue weighted by Gasteiger charge is -2.32. The molecule has 10 nitrogen and oxygen atoms in total. The third-order valence-electron chi connectivity index (χ3n) is 5.01. The number of nitrogens with zero attached hydrogens (tertiary/aromatic N) is 5. The molecule has 1 aliphatic heterocycles. The SMILES string of the molecule is CCn1c([C@H]2CCCN(C(=O)CCc3nc(-c4ccco4)no3)C2)n[nH]c1=O. The summed E-state index contributed by atoms with van der Waals surface area (Å²) in [6.07, 6.45) is 3.98. The Labute approximate surface area is 160 Å². The fourth-order valence-corrected chi connectivity index (χ4v) is 3.60. The molecule has 1 aliphatic rings. The van der Waals surface area contributed by atoms with Crippen LogP contribution in [-0.4, -0.2) is 48.8 Å². The third-order valence-corrected chi connectivity index (χ3v) is 5.01. The van der Waals surface area contributed by atoms with Crippen LogP contribution in [0.5, 0.6) is 0 Å². The molecule has 0 aliphatic carbocycles. The van der Waals surface area contributed by atoms with Gasteiger partial charge in [0.25, 0.3) is 0 Å². The molecule has 28 heavy (non-hydrogen) atoms. The highest BCUT2D eigenvalue weighted by Gasteiger charge is 2.28. The lowest BCUT2D eigenvalue weighted by atomic mass is 9.96. The molecule has 1 fully saturated rings. The van der Waals surface area contributed by atoms with Crippen LogP contribution < -0.4 is 5.69 Å². The normalized spacial score (nSPS) is 17.2. The number of hydrogen-bond acceptors (Lipinski definition) is 7. The molecule has 3 aromatic heterocycles. The molecule has 0 aromatic carbocycles. The van der Waals surface area contributed by atoms with Crippen molar-refractivity contribution in [3.05, 3.63) is 40.6 Å². The molecule has 0 spiro atoms. The average Bonchev–Trinajstić information content (AvgIpc) is 3.46. The van der Waals surface area contributed by atoms with Crippen LogP contribution in [0.15, 0.2) is 32.1 Å². The maximum absolute atomic E-state index is 12.7. The number of likely N-dealkylation sites (tertiary alicyclic amines) is 1. The molecular formula is C18H22N6O4. The molecule has 1 atom stereocenters. The quantitative estimate of drug-likeness (QED) is 0.682. The number of nitrogens with one attached hydrogen (secondary N) is 1. The van der Waals surface area contributed by atoms with Crippen molar-refractivity contribution >= 4 is 5.91 Å². The van der Waals surface area contributed by atoms with Gasteiger partial charge in [0.05, 0.1) is 6.26 Å². The zero-order chi connectivity index (χ0) is 19.5. The van der Waals surface area contributed by atoms with E-state index in [1.807, 2.05) is 11.8 Å². The fraction of sp³-hybridized carbons (Fsp3) is 0.500. The van der Waals surface area contributed by atoms with Crippen molar-refractivity contribution in [3.63, 3.8) is 0 Å². The number of H-pyrrole nitrogens is 1. The van der Waals surface area contributed by atoms with E-state index in [2.05, 4.69) is 20.3 Å². The van der Waals surface area contributed by atoms with Crippen LogP contribution in [-0.2, 0) is 17.8 Å². The van der Waals surface area contributed by atoms with Gasteiger partial charge in [-0.3, -0.25) is 9.36 Å². The van der Waals surface area contributed by atoms with Gasteiger partial charge in [-0.2, -0.15) is 10.1 Å². The highest BCUT2D eigenvalue weighted by molar-refractivity contribution is 5.76. The lowest BCUT2D eigenvalue weighted by Crippen LogP contribution is -2.40. The van der Waals surface area contributed by atoms with Crippen LogP contribution >= 0.6 is 0 Å². The zero-order valence-corrected chi connectivity index (χ0v) is 15.6. The van der Waals surface area contributed by atoms with Gasteiger partial charge < -0.3 is 13.8 Å². The van der Waals surface area contributed by atoms with Gasteiger partial charge in [-0.25, -0.2) is 9.89 Å². The molecule has 10 heteroatoms. The first-order chi connectivity index (χ1) is 13.7. The number of carbonyl (C=O) groups is 1. The first kappa shape index (κ1) is 18.2. The van der Waals surface area contributed by atoms with Crippen molar-refractivity contribution in [2.45, 2.75) is 45.1 Å². The van der Waals surface area contributed by atoms with Crippen molar-refractivity contribution in [1.29, 1.82) is 0 Å². The number of amides is 1. The summed E-state index contributed by atoms with van der Waals surface area (Å²) in [5.74, 6) is 2.13. The first-order valence-corrected chi connectivity index (χ1v) is 9.45. The van der Waals surface area contributed by atoms with E-state index in [1.54, 1.807) is 23.0 Å². The second-order valence-corrected chi connectivity index (χ2v) is 6.80. The summed E-state index contributed by atoms with van der Waals surface area (Å²) in [5, 5.41) is 10.6. The Kier molecular flexibility index (Phi) is 5.09. The summed E-state index contributed by atoms with van der Waals surface area (Å²) in [7, 11) is 0. The predicted molar refractivity (Wildman–Crippen MR) is 97.4 cm³/mol. The average molecular weight is 386 g/mol. The molecule has 0 unspecified atom stereocenters. The topological polar surface area (TPSA) is 123 Å². The summed E-state index contributed by atoms with van der Waals surface area (Å²) in [4.78, 5) is 30.6. The van der Waals surface area contributed by atoms with E-state index in [4.69, 9.17) is 8.94 Å². The standard InChI is InChI=1S/C18H22N6O4/c1-2-24-17(20-21-18(24)26)12-5-3-9-23(11-12)15(25)8-7-14-19-16(22-28-14)13-6-4-10-27-13/h4,6,10,12H,2-3,5,7-9,11H2,1H3,(H,21,26)/t12-/m0/s1. The van der Waals surface area contributed by atoms with Crippen LogP contribution in [0.2, 0.25) is 0 Å². The summed E-state index contributed by atoms with van der Waals surface area (Å²) in [6, 6.07) is 3.50. The number of aryl methyl sites for hydroxylation is 1. The lowest BCUT2D eigenvalue weighted by molar-refractivity contribution is -0.132. The molecule has 148 valence electrons. The van der Waals surface area contributed by atoms with Gasteiger partial charge in [0.2, 0.25) is 17.6 Å². The van der Waals surface area contributed by atoms with E-state index in [-0.39, 0.29) is 23.9 Å². The van der Waals surface area contributed by atoms with Crippen molar-refractivity contribution in [2.24, 2.45) is 0 Å². The van der Waals surface area contributed by atoms with E-state index >= 15 is 0 Å². The molecule has 0 bridgehead atoms. The highest BCUT2D eigenvalue weighted by atomic mass is 16.5. The largest absolute Gasteiger partial charge is 0.461 e. The molecule has 0 saturated carbocycles. The molecular weight excluding hydrogens is 364 g/mol. The molecule has 1 saturated heterocycles. The summed E-state index contributed by atoms with van der Waals surface area (Å²) in [6.45, 7) is 3.74. The smallest absolute Gasteiger partial charge is 0.343 e. The van der Waals surface area contributed by atoms with Gasteiger partial charge >= 0.3 is 5.69 Å². The van der Waals surface area contributed by atoms with Crippen molar-refractivity contribution in [2.75, 3.05) is 13.1 Å². The fourth-order valence-electron chi connectivity index (χ4n) is 3.60. The molecule has 1 N–H and O–H groups in total. The van der Waals surface area contributed by atoms with Crippen molar-refractivity contribution < 1.29 is 13.7 Å². The van der Waals surface area contributed by atoms with E-state index in [9.17, 15) is 9.59 Å². The van der Waals surface area contributed by atoms with E-state index < -0.39 is 0 Å². The van der Waals surface area contributed by atoms with Crippen LogP contribution in [0.25, 0.3) is 11.6 Å². The van der Waals surface area contributed by atoms with Gasteiger partial charge in [-0.15, -0.1) is 0 Å². The predicted octanol–water partition coefficient (Wildman–Crippen LogP) is 1.57. The Hall–Kier alpha value is -3.17. The number of hydrogen-bond donors (Lipinski definition) is 1. The van der Waals surface area contributed by atoms with E-state index in [1.165, 1.54) is 0 Å². The highest BCUT2D eigenvalue weighted by Crippen LogP contribution is 2.25. The summed E-state index contributed by atoms with van der Waals surface area (Å²) in [5.41, 5.74) is -0.204. The van der Waals surface area contributed by atoms with Crippen molar-refractivity contribution in [1.82, 2.24) is 29.8 Å². The monoisotopic (exact) mass is 386 g/mol. The van der Waals surface area contributed by atoms with Gasteiger partial charge in [-0.05, 0) is 31.9 Å². The zero-order valence-electron chi connectivity index (χ0n) is 15.6. The van der Waals surface area contributed by atoms with Gasteiger partial charge in [-0.1, -0.05) is 5.16 Å². The maximum atomic E-state index is 12.7. The number of piperidine rings is 1. The summed E-state index contributed by atoms with van der Waals surface area (Å²) >= 11 is 0. The number of aromatic amines is 1. The minimum absolute atomic E-state index is 0.0309. The van der Waals surface area contributed by atoms with Gasteiger partial charge in [0, 0.05) is 38.4 Å². The molecule has 0 radical (unpaired) electrons. The maximum Gasteiger partial charge on any atom is 0.343 e. The minimum atomic E-state index is -0.204. The van der Waals surface area contributed by atoms with Crippen LogP contribution in [0.3, 0.4) is 0 Å². The third kappa shape index (κ3) is 3.62. The number of aromatic nitrogens is 5. The Balaban J connectivity index is 1.36.